The fourth-order valence-corrected chi connectivity index (χ4v) is 4.19. The first-order valence-corrected chi connectivity index (χ1v) is 8.48. The molecule has 2 aromatic heterocycles. The molecule has 4 nitrogen and oxygen atoms in total. The van der Waals surface area contributed by atoms with Crippen LogP contribution in [-0.4, -0.2) is 16.2 Å². The quantitative estimate of drug-likeness (QED) is 0.911. The Bertz CT molecular complexity index is 631. The number of aryl methyl sites for hydroxylation is 1. The lowest BCUT2D eigenvalue weighted by Gasteiger charge is -2.45. The third-order valence-corrected chi connectivity index (χ3v) is 6.20. The van der Waals surface area contributed by atoms with Gasteiger partial charge in [0.25, 0.3) is 0 Å². The highest BCUT2D eigenvalue weighted by molar-refractivity contribution is 7.08. The summed E-state index contributed by atoms with van der Waals surface area (Å²) in [5.41, 5.74) is 8.58. The van der Waals surface area contributed by atoms with Crippen molar-refractivity contribution in [3.05, 3.63) is 22.2 Å². The Kier molecular flexibility index (Phi) is 3.66. The Balaban J connectivity index is 1.91. The summed E-state index contributed by atoms with van der Waals surface area (Å²) < 4.78 is 5.60. The second-order valence-electron chi connectivity index (χ2n) is 6.83. The average molecular weight is 305 g/mol. The van der Waals surface area contributed by atoms with Gasteiger partial charge in [-0.2, -0.15) is 16.3 Å². The number of hydrogen-bond donors (Lipinski definition) is 1. The van der Waals surface area contributed by atoms with E-state index < -0.39 is 0 Å². The normalized spacial score (nSPS) is 28.7. The van der Waals surface area contributed by atoms with Crippen LogP contribution in [0.15, 0.2) is 15.3 Å². The molecule has 3 rings (SSSR count). The zero-order chi connectivity index (χ0) is 15.2. The first kappa shape index (κ1) is 14.7. The van der Waals surface area contributed by atoms with E-state index in [0.29, 0.717) is 11.7 Å². The topological polar surface area (TPSA) is 64.9 Å². The Morgan fingerprint density at radius 1 is 1.33 bits per heavy atom. The third kappa shape index (κ3) is 2.42. The minimum absolute atomic E-state index is 0.0746. The predicted octanol–water partition coefficient (Wildman–Crippen LogP) is 3.97. The molecule has 1 fully saturated rings. The second kappa shape index (κ2) is 5.21. The van der Waals surface area contributed by atoms with Gasteiger partial charge in [0.1, 0.15) is 0 Å². The van der Waals surface area contributed by atoms with Crippen LogP contribution in [-0.2, 0) is 0 Å². The van der Waals surface area contributed by atoms with Crippen LogP contribution >= 0.6 is 11.3 Å². The SMILES string of the molecule is Cc1cscc1-c1noc(C2CCC(N)C(C)C2(C)C)n1. The van der Waals surface area contributed by atoms with Gasteiger partial charge < -0.3 is 10.3 Å². The number of rotatable bonds is 2. The molecule has 2 heterocycles. The van der Waals surface area contributed by atoms with Crippen molar-refractivity contribution in [1.82, 2.24) is 10.1 Å². The summed E-state index contributed by atoms with van der Waals surface area (Å²) in [7, 11) is 0. The summed E-state index contributed by atoms with van der Waals surface area (Å²) >= 11 is 1.67. The van der Waals surface area contributed by atoms with E-state index in [1.807, 2.05) is 0 Å². The van der Waals surface area contributed by atoms with Crippen LogP contribution in [0.1, 0.15) is 51.0 Å². The molecule has 1 aliphatic rings. The molecule has 0 spiro atoms. The van der Waals surface area contributed by atoms with Crippen molar-refractivity contribution in [2.75, 3.05) is 0 Å². The maximum Gasteiger partial charge on any atom is 0.230 e. The molecule has 0 bridgehead atoms. The van der Waals surface area contributed by atoms with Gasteiger partial charge in [-0.3, -0.25) is 0 Å². The standard InChI is InChI=1S/C16H23N3OS/c1-9-7-21-8-11(9)14-18-15(20-19-14)12-5-6-13(17)10(2)16(12,3)4/h7-8,10,12-13H,5-6,17H2,1-4H3. The van der Waals surface area contributed by atoms with Gasteiger partial charge in [0, 0.05) is 22.9 Å². The summed E-state index contributed by atoms with van der Waals surface area (Å²) in [5.74, 6) is 2.20. The lowest BCUT2D eigenvalue weighted by atomic mass is 9.61. The summed E-state index contributed by atoms with van der Waals surface area (Å²) in [5, 5.41) is 8.38. The van der Waals surface area contributed by atoms with Gasteiger partial charge >= 0.3 is 0 Å². The van der Waals surface area contributed by atoms with E-state index in [4.69, 9.17) is 10.3 Å². The van der Waals surface area contributed by atoms with Gasteiger partial charge in [0.05, 0.1) is 0 Å². The number of thiophene rings is 1. The second-order valence-corrected chi connectivity index (χ2v) is 7.57. The van der Waals surface area contributed by atoms with Crippen molar-refractivity contribution in [1.29, 1.82) is 0 Å². The van der Waals surface area contributed by atoms with Crippen molar-refractivity contribution < 1.29 is 4.52 Å². The Morgan fingerprint density at radius 2 is 2.10 bits per heavy atom. The molecule has 1 aliphatic carbocycles. The highest BCUT2D eigenvalue weighted by Crippen LogP contribution is 2.49. The maximum absolute atomic E-state index is 6.23. The molecule has 0 saturated heterocycles. The molecule has 2 N–H and O–H groups in total. The van der Waals surface area contributed by atoms with Gasteiger partial charge in [-0.1, -0.05) is 25.9 Å². The Morgan fingerprint density at radius 3 is 2.76 bits per heavy atom. The van der Waals surface area contributed by atoms with Crippen LogP contribution < -0.4 is 5.73 Å². The van der Waals surface area contributed by atoms with E-state index in [9.17, 15) is 0 Å². The average Bonchev–Trinajstić information content (AvgIpc) is 3.05. The molecule has 0 aliphatic heterocycles. The van der Waals surface area contributed by atoms with E-state index in [1.54, 1.807) is 11.3 Å². The van der Waals surface area contributed by atoms with Crippen LogP contribution in [0.25, 0.3) is 11.4 Å². The van der Waals surface area contributed by atoms with Gasteiger partial charge in [0.2, 0.25) is 11.7 Å². The summed E-state index contributed by atoms with van der Waals surface area (Å²) in [4.78, 5) is 4.68. The van der Waals surface area contributed by atoms with Crippen molar-refractivity contribution in [3.8, 4) is 11.4 Å². The van der Waals surface area contributed by atoms with Crippen molar-refractivity contribution in [2.24, 2.45) is 17.1 Å². The van der Waals surface area contributed by atoms with Crippen molar-refractivity contribution in [3.63, 3.8) is 0 Å². The Labute approximate surface area is 129 Å². The maximum atomic E-state index is 6.23. The molecule has 5 heteroatoms. The van der Waals surface area contributed by atoms with Crippen LogP contribution in [0.5, 0.6) is 0 Å². The minimum atomic E-state index is 0.0746. The molecule has 0 aromatic carbocycles. The van der Waals surface area contributed by atoms with Gasteiger partial charge in [-0.05, 0) is 42.0 Å². The molecule has 114 valence electrons. The van der Waals surface area contributed by atoms with Crippen LogP contribution in [0.3, 0.4) is 0 Å². The molecule has 2 aromatic rings. The zero-order valence-corrected chi connectivity index (χ0v) is 13.9. The monoisotopic (exact) mass is 305 g/mol. The van der Waals surface area contributed by atoms with E-state index >= 15 is 0 Å². The fourth-order valence-electron chi connectivity index (χ4n) is 3.37. The molecular weight excluding hydrogens is 282 g/mol. The number of nitrogens with two attached hydrogens (primary N) is 1. The van der Waals surface area contributed by atoms with E-state index in [-0.39, 0.29) is 17.4 Å². The number of hydrogen-bond acceptors (Lipinski definition) is 5. The van der Waals surface area contributed by atoms with Crippen molar-refractivity contribution >= 4 is 11.3 Å². The van der Waals surface area contributed by atoms with Crippen molar-refractivity contribution in [2.45, 2.75) is 52.5 Å². The highest BCUT2D eigenvalue weighted by atomic mass is 32.1. The van der Waals surface area contributed by atoms with E-state index in [0.717, 1.165) is 24.3 Å². The zero-order valence-electron chi connectivity index (χ0n) is 13.1. The van der Waals surface area contributed by atoms with E-state index in [1.165, 1.54) is 5.56 Å². The molecule has 0 amide bonds. The van der Waals surface area contributed by atoms with Crippen LogP contribution in [0.4, 0.5) is 0 Å². The molecule has 3 atom stereocenters. The number of aromatic nitrogens is 2. The third-order valence-electron chi connectivity index (χ3n) is 5.34. The lowest BCUT2D eigenvalue weighted by Crippen LogP contribution is -2.45. The first-order chi connectivity index (χ1) is 9.91. The molecule has 1 saturated carbocycles. The first-order valence-electron chi connectivity index (χ1n) is 7.53. The highest BCUT2D eigenvalue weighted by Gasteiger charge is 2.44. The van der Waals surface area contributed by atoms with E-state index in [2.05, 4.69) is 48.6 Å². The summed E-state index contributed by atoms with van der Waals surface area (Å²) in [6.07, 6.45) is 2.03. The fraction of sp³-hybridized carbons (Fsp3) is 0.625. The molecule has 0 radical (unpaired) electrons. The minimum Gasteiger partial charge on any atom is -0.339 e. The largest absolute Gasteiger partial charge is 0.339 e. The molecule has 21 heavy (non-hydrogen) atoms. The number of nitrogens with zero attached hydrogens (tertiary/aromatic N) is 2. The van der Waals surface area contributed by atoms with Gasteiger partial charge in [-0.15, -0.1) is 0 Å². The Hall–Kier alpha value is -1.20. The smallest absolute Gasteiger partial charge is 0.230 e. The van der Waals surface area contributed by atoms with Crippen LogP contribution in [0, 0.1) is 18.3 Å². The molecule has 3 unspecified atom stereocenters. The predicted molar refractivity (Wildman–Crippen MR) is 85.2 cm³/mol. The van der Waals surface area contributed by atoms with Crippen LogP contribution in [0.2, 0.25) is 0 Å². The summed E-state index contributed by atoms with van der Waals surface area (Å²) in [6.45, 7) is 8.84. The van der Waals surface area contributed by atoms with Gasteiger partial charge in [0.15, 0.2) is 0 Å². The lowest BCUT2D eigenvalue weighted by molar-refractivity contribution is 0.0806. The molecular formula is C16H23N3OS. The van der Waals surface area contributed by atoms with Gasteiger partial charge in [-0.25, -0.2) is 0 Å². The summed E-state index contributed by atoms with van der Waals surface area (Å²) in [6, 6.07) is 0.262.